The highest BCUT2D eigenvalue weighted by Gasteiger charge is 2.23. The number of primary sulfonamides is 1. The molecule has 140 valence electrons. The van der Waals surface area contributed by atoms with E-state index in [0.29, 0.717) is 18.3 Å². The van der Waals surface area contributed by atoms with Crippen LogP contribution in [0.4, 0.5) is 5.69 Å². The first kappa shape index (κ1) is 17.7. The summed E-state index contributed by atoms with van der Waals surface area (Å²) in [5, 5.41) is 9.32. The number of rotatable bonds is 5. The van der Waals surface area contributed by atoms with Gasteiger partial charge in [0.05, 0.1) is 11.4 Å². The maximum atomic E-state index is 11.6. The fourth-order valence-electron chi connectivity index (χ4n) is 3.26. The van der Waals surface area contributed by atoms with Crippen molar-refractivity contribution < 1.29 is 12.9 Å². The number of aromatic nitrogens is 2. The lowest BCUT2D eigenvalue weighted by molar-refractivity contribution is 0.377. The van der Waals surface area contributed by atoms with E-state index in [0.717, 1.165) is 36.2 Å². The highest BCUT2D eigenvalue weighted by molar-refractivity contribution is 7.89. The molecule has 3 aromatic rings. The first-order chi connectivity index (χ1) is 12.9. The predicted octanol–water partition coefficient (Wildman–Crippen LogP) is 2.51. The molecule has 27 heavy (non-hydrogen) atoms. The molecule has 0 spiro atoms. The summed E-state index contributed by atoms with van der Waals surface area (Å²) in [7, 11) is -3.74. The number of aryl methyl sites for hydroxylation is 1. The first-order valence-corrected chi connectivity index (χ1v) is 10.3. The van der Waals surface area contributed by atoms with Crippen LogP contribution in [0.5, 0.6) is 0 Å². The quantitative estimate of drug-likeness (QED) is 0.725. The van der Waals surface area contributed by atoms with Crippen LogP contribution in [0.15, 0.2) is 51.9 Å². The number of anilines is 1. The Morgan fingerprint density at radius 2 is 1.96 bits per heavy atom. The molecule has 0 amide bonds. The van der Waals surface area contributed by atoms with Crippen molar-refractivity contribution in [1.29, 1.82) is 0 Å². The number of nitrogens with zero attached hydrogens (tertiary/aromatic N) is 3. The van der Waals surface area contributed by atoms with Gasteiger partial charge in [0.25, 0.3) is 0 Å². The van der Waals surface area contributed by atoms with Crippen LogP contribution in [0.1, 0.15) is 23.9 Å². The monoisotopic (exact) mass is 384 g/mol. The highest BCUT2D eigenvalue weighted by atomic mass is 32.2. The van der Waals surface area contributed by atoms with Gasteiger partial charge in [0, 0.05) is 17.8 Å². The molecule has 2 aromatic carbocycles. The van der Waals surface area contributed by atoms with Gasteiger partial charge < -0.3 is 9.42 Å². The van der Waals surface area contributed by atoms with Crippen molar-refractivity contribution in [1.82, 2.24) is 10.1 Å². The van der Waals surface area contributed by atoms with Gasteiger partial charge in [-0.05, 0) is 36.1 Å². The molecule has 2 heterocycles. The topological polar surface area (TPSA) is 102 Å². The van der Waals surface area contributed by atoms with Gasteiger partial charge in [-0.1, -0.05) is 42.4 Å². The van der Waals surface area contributed by atoms with Crippen LogP contribution >= 0.6 is 0 Å². The van der Waals surface area contributed by atoms with E-state index in [4.69, 9.17) is 9.66 Å². The van der Waals surface area contributed by atoms with E-state index in [1.54, 1.807) is 12.1 Å². The molecule has 4 rings (SSSR count). The van der Waals surface area contributed by atoms with E-state index < -0.39 is 10.0 Å². The molecule has 1 aliphatic rings. The van der Waals surface area contributed by atoms with Crippen molar-refractivity contribution in [3.05, 3.63) is 59.5 Å². The van der Waals surface area contributed by atoms with Gasteiger partial charge in [-0.3, -0.25) is 0 Å². The zero-order chi connectivity index (χ0) is 19.0. The summed E-state index contributed by atoms with van der Waals surface area (Å²) in [6, 6.07) is 13.0. The van der Waals surface area contributed by atoms with Crippen LogP contribution in [0.25, 0.3) is 11.4 Å². The van der Waals surface area contributed by atoms with Gasteiger partial charge in [-0.2, -0.15) is 4.98 Å². The van der Waals surface area contributed by atoms with E-state index in [1.165, 1.54) is 5.56 Å². The lowest BCUT2D eigenvalue weighted by Gasteiger charge is -2.17. The molecular weight excluding hydrogens is 364 g/mol. The van der Waals surface area contributed by atoms with Crippen molar-refractivity contribution in [3.63, 3.8) is 0 Å². The SMILES string of the molecule is CCc1ccc(-c2noc(CN3CCc4ccc(S(N)(=O)=O)cc43)n2)cc1. The van der Waals surface area contributed by atoms with Crippen molar-refractivity contribution in [3.8, 4) is 11.4 Å². The van der Waals surface area contributed by atoms with Gasteiger partial charge in [0.1, 0.15) is 0 Å². The van der Waals surface area contributed by atoms with Gasteiger partial charge in [-0.15, -0.1) is 0 Å². The number of nitrogens with two attached hydrogens (primary N) is 1. The number of fused-ring (bicyclic) bond motifs is 1. The van der Waals surface area contributed by atoms with Crippen LogP contribution in [-0.4, -0.2) is 25.1 Å². The second-order valence-corrected chi connectivity index (χ2v) is 8.13. The zero-order valence-electron chi connectivity index (χ0n) is 14.9. The van der Waals surface area contributed by atoms with Crippen LogP contribution in [0.2, 0.25) is 0 Å². The minimum atomic E-state index is -3.74. The van der Waals surface area contributed by atoms with E-state index in [-0.39, 0.29) is 4.90 Å². The molecule has 0 aliphatic carbocycles. The molecule has 2 N–H and O–H groups in total. The summed E-state index contributed by atoms with van der Waals surface area (Å²) in [5.74, 6) is 1.03. The molecule has 8 heteroatoms. The Balaban J connectivity index is 1.56. The second-order valence-electron chi connectivity index (χ2n) is 6.57. The highest BCUT2D eigenvalue weighted by Crippen LogP contribution is 2.31. The third kappa shape index (κ3) is 3.58. The number of benzene rings is 2. The Kier molecular flexibility index (Phi) is 4.45. The van der Waals surface area contributed by atoms with Crippen LogP contribution < -0.4 is 10.0 Å². The van der Waals surface area contributed by atoms with Gasteiger partial charge in [0.2, 0.25) is 21.7 Å². The van der Waals surface area contributed by atoms with Gasteiger partial charge in [0.15, 0.2) is 0 Å². The van der Waals surface area contributed by atoms with Gasteiger partial charge in [-0.25, -0.2) is 13.6 Å². The van der Waals surface area contributed by atoms with Crippen LogP contribution in [0.3, 0.4) is 0 Å². The smallest absolute Gasteiger partial charge is 0.246 e. The summed E-state index contributed by atoms with van der Waals surface area (Å²) in [6.45, 7) is 3.28. The van der Waals surface area contributed by atoms with Crippen molar-refractivity contribution in [2.75, 3.05) is 11.4 Å². The molecule has 0 bridgehead atoms. The summed E-state index contributed by atoms with van der Waals surface area (Å²) in [6.07, 6.45) is 1.81. The molecule has 1 aliphatic heterocycles. The molecule has 0 saturated carbocycles. The maximum absolute atomic E-state index is 11.6. The Labute approximate surface area is 157 Å². The second kappa shape index (κ2) is 6.79. The van der Waals surface area contributed by atoms with E-state index in [2.05, 4.69) is 29.2 Å². The Hall–Kier alpha value is -2.71. The molecule has 0 saturated heterocycles. The van der Waals surface area contributed by atoms with E-state index >= 15 is 0 Å². The maximum Gasteiger partial charge on any atom is 0.246 e. The standard InChI is InChI=1S/C19H20N4O3S/c1-2-13-3-5-15(6-4-13)19-21-18(26-22-19)12-23-10-9-14-7-8-16(11-17(14)23)27(20,24)25/h3-8,11H,2,9-10,12H2,1H3,(H2,20,24,25). The Morgan fingerprint density at radius 1 is 1.19 bits per heavy atom. The first-order valence-electron chi connectivity index (χ1n) is 8.76. The summed E-state index contributed by atoms with van der Waals surface area (Å²) >= 11 is 0. The largest absolute Gasteiger partial charge is 0.362 e. The van der Waals surface area contributed by atoms with E-state index in [1.807, 2.05) is 23.1 Å². The zero-order valence-corrected chi connectivity index (χ0v) is 15.7. The average molecular weight is 384 g/mol. The summed E-state index contributed by atoms with van der Waals surface area (Å²) < 4.78 is 28.6. The molecule has 0 unspecified atom stereocenters. The molecule has 7 nitrogen and oxygen atoms in total. The number of hydrogen-bond acceptors (Lipinski definition) is 6. The predicted molar refractivity (Wildman–Crippen MR) is 102 cm³/mol. The van der Waals surface area contributed by atoms with Crippen molar-refractivity contribution in [2.24, 2.45) is 5.14 Å². The summed E-state index contributed by atoms with van der Waals surface area (Å²) in [5.41, 5.74) is 4.08. The minimum absolute atomic E-state index is 0.107. The lowest BCUT2D eigenvalue weighted by Crippen LogP contribution is -2.20. The third-order valence-corrected chi connectivity index (χ3v) is 5.70. The third-order valence-electron chi connectivity index (χ3n) is 4.79. The lowest BCUT2D eigenvalue weighted by atomic mass is 10.1. The number of sulfonamides is 1. The molecule has 0 fully saturated rings. The Bertz CT molecular complexity index is 1070. The average Bonchev–Trinajstić information content (AvgIpc) is 3.28. The fraction of sp³-hybridized carbons (Fsp3) is 0.263. The molecule has 0 atom stereocenters. The fourth-order valence-corrected chi connectivity index (χ4v) is 3.79. The van der Waals surface area contributed by atoms with Crippen LogP contribution in [0, 0.1) is 0 Å². The number of hydrogen-bond donors (Lipinski definition) is 1. The van der Waals surface area contributed by atoms with Crippen molar-refractivity contribution >= 4 is 15.7 Å². The molecular formula is C19H20N4O3S. The molecule has 0 radical (unpaired) electrons. The molecule has 1 aromatic heterocycles. The normalized spacial score (nSPS) is 13.8. The minimum Gasteiger partial charge on any atom is -0.362 e. The van der Waals surface area contributed by atoms with E-state index in [9.17, 15) is 8.42 Å². The Morgan fingerprint density at radius 3 is 2.67 bits per heavy atom. The van der Waals surface area contributed by atoms with Crippen molar-refractivity contribution in [2.45, 2.75) is 31.2 Å². The van der Waals surface area contributed by atoms with Crippen LogP contribution in [-0.2, 0) is 29.4 Å². The summed E-state index contributed by atoms with van der Waals surface area (Å²) in [4.78, 5) is 6.62. The van der Waals surface area contributed by atoms with Gasteiger partial charge >= 0.3 is 0 Å².